The van der Waals surface area contributed by atoms with E-state index in [1.54, 1.807) is 37.3 Å². The maximum absolute atomic E-state index is 11.9. The van der Waals surface area contributed by atoms with E-state index in [0.717, 1.165) is 4.47 Å². The number of rotatable bonds is 4. The summed E-state index contributed by atoms with van der Waals surface area (Å²) in [6.07, 6.45) is 0. The first-order chi connectivity index (χ1) is 10.6. The Morgan fingerprint density at radius 2 is 2.05 bits per heavy atom. The number of aryl methyl sites for hydroxylation is 1. The molecule has 0 radical (unpaired) electrons. The third-order valence-electron chi connectivity index (χ3n) is 2.96. The van der Waals surface area contributed by atoms with Gasteiger partial charge in [0.2, 0.25) is 0 Å². The molecule has 3 aromatic rings. The molecule has 0 aliphatic carbocycles. The van der Waals surface area contributed by atoms with Crippen LogP contribution in [0, 0.1) is 6.92 Å². The van der Waals surface area contributed by atoms with Crippen molar-refractivity contribution < 1.29 is 13.9 Å². The van der Waals surface area contributed by atoms with Gasteiger partial charge in [-0.25, -0.2) is 4.98 Å². The quantitative estimate of drug-likeness (QED) is 0.765. The third kappa shape index (κ3) is 3.46. The molecule has 1 amide bonds. The molecule has 6 heteroatoms. The molecule has 0 saturated carbocycles. The predicted octanol–water partition coefficient (Wildman–Crippen LogP) is 3.92. The van der Waals surface area contributed by atoms with Crippen LogP contribution >= 0.6 is 15.9 Å². The van der Waals surface area contributed by atoms with Crippen molar-refractivity contribution in [1.82, 2.24) is 4.98 Å². The number of carbonyl (C=O) groups excluding carboxylic acids is 1. The Kier molecular flexibility index (Phi) is 4.11. The van der Waals surface area contributed by atoms with Crippen LogP contribution in [0.3, 0.4) is 0 Å². The molecule has 22 heavy (non-hydrogen) atoms. The van der Waals surface area contributed by atoms with Crippen LogP contribution < -0.4 is 10.1 Å². The van der Waals surface area contributed by atoms with Crippen LogP contribution in [-0.4, -0.2) is 17.5 Å². The Labute approximate surface area is 135 Å². The van der Waals surface area contributed by atoms with Crippen molar-refractivity contribution in [2.45, 2.75) is 6.92 Å². The lowest BCUT2D eigenvalue weighted by Gasteiger charge is -2.07. The number of oxazole rings is 1. The summed E-state index contributed by atoms with van der Waals surface area (Å²) < 4.78 is 11.8. The summed E-state index contributed by atoms with van der Waals surface area (Å²) in [7, 11) is 0. The summed E-state index contributed by atoms with van der Waals surface area (Å²) in [5.74, 6) is 1.00. The van der Waals surface area contributed by atoms with Crippen LogP contribution in [0.1, 0.15) is 5.89 Å². The first kappa shape index (κ1) is 14.6. The molecule has 5 nitrogen and oxygen atoms in total. The van der Waals surface area contributed by atoms with E-state index in [-0.39, 0.29) is 12.5 Å². The fourth-order valence-corrected chi connectivity index (χ4v) is 2.26. The van der Waals surface area contributed by atoms with E-state index in [2.05, 4.69) is 26.2 Å². The number of halogens is 1. The average Bonchev–Trinajstić information content (AvgIpc) is 2.86. The van der Waals surface area contributed by atoms with E-state index in [4.69, 9.17) is 9.15 Å². The second-order valence-electron chi connectivity index (χ2n) is 4.71. The van der Waals surface area contributed by atoms with Crippen molar-refractivity contribution in [3.05, 3.63) is 52.8 Å². The molecule has 112 valence electrons. The molecule has 3 rings (SSSR count). The van der Waals surface area contributed by atoms with Gasteiger partial charge in [-0.2, -0.15) is 0 Å². The fraction of sp³-hybridized carbons (Fsp3) is 0.125. The molecule has 0 spiro atoms. The van der Waals surface area contributed by atoms with Crippen LogP contribution in [0.2, 0.25) is 0 Å². The maximum atomic E-state index is 11.9. The van der Waals surface area contributed by atoms with Crippen LogP contribution in [0.5, 0.6) is 5.75 Å². The first-order valence-electron chi connectivity index (χ1n) is 6.65. The zero-order valence-corrected chi connectivity index (χ0v) is 13.4. The van der Waals surface area contributed by atoms with Gasteiger partial charge in [-0.15, -0.1) is 0 Å². The van der Waals surface area contributed by atoms with Gasteiger partial charge < -0.3 is 14.5 Å². The van der Waals surface area contributed by atoms with Crippen LogP contribution in [0.4, 0.5) is 5.69 Å². The highest BCUT2D eigenvalue weighted by molar-refractivity contribution is 9.10. The minimum Gasteiger partial charge on any atom is -0.484 e. The number of anilines is 1. The standard InChI is InChI=1S/C16H13BrN2O3/c1-10-18-14-8-12(4-7-15(14)22-10)19-16(20)9-21-13-5-2-11(17)3-6-13/h2-8H,9H2,1H3,(H,19,20). The van der Waals surface area contributed by atoms with E-state index in [1.807, 2.05) is 12.1 Å². The zero-order chi connectivity index (χ0) is 15.5. The van der Waals surface area contributed by atoms with Crippen LogP contribution in [0.15, 0.2) is 51.4 Å². The van der Waals surface area contributed by atoms with Crippen molar-refractivity contribution in [2.24, 2.45) is 0 Å². The topological polar surface area (TPSA) is 64.4 Å². The molecular weight excluding hydrogens is 348 g/mol. The lowest BCUT2D eigenvalue weighted by atomic mass is 10.3. The SMILES string of the molecule is Cc1nc2cc(NC(=O)COc3ccc(Br)cc3)ccc2o1. The minimum absolute atomic E-state index is 0.0580. The number of benzene rings is 2. The maximum Gasteiger partial charge on any atom is 0.262 e. The average molecular weight is 361 g/mol. The largest absolute Gasteiger partial charge is 0.484 e. The van der Waals surface area contributed by atoms with Gasteiger partial charge in [0.25, 0.3) is 5.91 Å². The summed E-state index contributed by atoms with van der Waals surface area (Å²) in [6.45, 7) is 1.72. The highest BCUT2D eigenvalue weighted by Gasteiger charge is 2.07. The Morgan fingerprint density at radius 1 is 1.27 bits per heavy atom. The number of ether oxygens (including phenoxy) is 1. The third-order valence-corrected chi connectivity index (χ3v) is 3.49. The monoisotopic (exact) mass is 360 g/mol. The van der Waals surface area contributed by atoms with Gasteiger partial charge in [-0.05, 0) is 42.5 Å². The zero-order valence-electron chi connectivity index (χ0n) is 11.8. The van der Waals surface area contributed by atoms with Crippen LogP contribution in [-0.2, 0) is 4.79 Å². The Bertz CT molecular complexity index is 812. The number of fused-ring (bicyclic) bond motifs is 1. The second kappa shape index (κ2) is 6.19. The number of nitrogens with one attached hydrogen (secondary N) is 1. The summed E-state index contributed by atoms with van der Waals surface area (Å²) in [4.78, 5) is 16.1. The molecule has 0 aliphatic rings. The normalized spacial score (nSPS) is 10.6. The van der Waals surface area contributed by atoms with Crippen molar-refractivity contribution in [1.29, 1.82) is 0 Å². The van der Waals surface area contributed by atoms with Crippen molar-refractivity contribution in [3.63, 3.8) is 0 Å². The number of aromatic nitrogens is 1. The van der Waals surface area contributed by atoms with Crippen molar-refractivity contribution >= 4 is 38.6 Å². The van der Waals surface area contributed by atoms with Gasteiger partial charge in [-0.1, -0.05) is 15.9 Å². The lowest BCUT2D eigenvalue weighted by Crippen LogP contribution is -2.20. The number of carbonyl (C=O) groups is 1. The molecular formula is C16H13BrN2O3. The molecule has 0 saturated heterocycles. The molecule has 0 unspecified atom stereocenters. The molecule has 0 fully saturated rings. The molecule has 2 aromatic carbocycles. The molecule has 0 bridgehead atoms. The van der Waals surface area contributed by atoms with E-state index in [0.29, 0.717) is 28.4 Å². The summed E-state index contributed by atoms with van der Waals surface area (Å²) >= 11 is 3.34. The molecule has 1 aromatic heterocycles. The van der Waals surface area contributed by atoms with Gasteiger partial charge in [-0.3, -0.25) is 4.79 Å². The molecule has 1 heterocycles. The smallest absolute Gasteiger partial charge is 0.262 e. The van der Waals surface area contributed by atoms with Crippen molar-refractivity contribution in [2.75, 3.05) is 11.9 Å². The summed E-state index contributed by atoms with van der Waals surface area (Å²) in [6, 6.07) is 12.6. The lowest BCUT2D eigenvalue weighted by molar-refractivity contribution is -0.118. The van der Waals surface area contributed by atoms with E-state index < -0.39 is 0 Å². The number of hydrogen-bond acceptors (Lipinski definition) is 4. The number of nitrogens with zero attached hydrogens (tertiary/aromatic N) is 1. The number of amides is 1. The predicted molar refractivity (Wildman–Crippen MR) is 87.0 cm³/mol. The highest BCUT2D eigenvalue weighted by atomic mass is 79.9. The van der Waals surface area contributed by atoms with E-state index >= 15 is 0 Å². The van der Waals surface area contributed by atoms with Crippen molar-refractivity contribution in [3.8, 4) is 5.75 Å². The Morgan fingerprint density at radius 3 is 2.82 bits per heavy atom. The Hall–Kier alpha value is -2.34. The molecule has 0 aliphatic heterocycles. The first-order valence-corrected chi connectivity index (χ1v) is 7.45. The van der Waals surface area contributed by atoms with Crippen LogP contribution in [0.25, 0.3) is 11.1 Å². The molecule has 0 atom stereocenters. The second-order valence-corrected chi connectivity index (χ2v) is 5.62. The highest BCUT2D eigenvalue weighted by Crippen LogP contribution is 2.20. The molecule has 1 N–H and O–H groups in total. The summed E-state index contributed by atoms with van der Waals surface area (Å²) in [5, 5.41) is 2.77. The van der Waals surface area contributed by atoms with Gasteiger partial charge in [0.05, 0.1) is 0 Å². The van der Waals surface area contributed by atoms with Gasteiger partial charge in [0.15, 0.2) is 18.1 Å². The number of hydrogen-bond donors (Lipinski definition) is 1. The van der Waals surface area contributed by atoms with Gasteiger partial charge in [0, 0.05) is 17.1 Å². The van der Waals surface area contributed by atoms with Gasteiger partial charge in [0.1, 0.15) is 11.3 Å². The Balaban J connectivity index is 1.61. The van der Waals surface area contributed by atoms with Gasteiger partial charge >= 0.3 is 0 Å². The minimum atomic E-state index is -0.234. The fourth-order valence-electron chi connectivity index (χ4n) is 2.00. The van der Waals surface area contributed by atoms with E-state index in [9.17, 15) is 4.79 Å². The van der Waals surface area contributed by atoms with E-state index in [1.165, 1.54) is 0 Å². The summed E-state index contributed by atoms with van der Waals surface area (Å²) in [5.41, 5.74) is 2.07.